The second-order valence-electron chi connectivity index (χ2n) is 9.53. The molecular weight excluding hydrogens is 442 g/mol. The first kappa shape index (κ1) is 25.9. The van der Waals surface area contributed by atoms with Gasteiger partial charge in [-0.15, -0.1) is 0 Å². The molecule has 0 spiro atoms. The van der Waals surface area contributed by atoms with Crippen LogP contribution >= 0.6 is 0 Å². The third kappa shape index (κ3) is 6.44. The number of hydrogen-bond acceptors (Lipinski definition) is 4. The fraction of sp³-hybridized carbons (Fsp3) is 0.357. The summed E-state index contributed by atoms with van der Waals surface area (Å²) in [5, 5.41) is 12.5. The highest BCUT2D eigenvalue weighted by Gasteiger charge is 2.27. The van der Waals surface area contributed by atoms with Crippen molar-refractivity contribution in [2.45, 2.75) is 59.5 Å². The van der Waals surface area contributed by atoms with E-state index in [1.54, 1.807) is 24.7 Å². The summed E-state index contributed by atoms with van der Waals surface area (Å²) in [6.07, 6.45) is 5.09. The Morgan fingerprint density at radius 1 is 1.06 bits per heavy atom. The lowest BCUT2D eigenvalue weighted by Crippen LogP contribution is -2.40. The van der Waals surface area contributed by atoms with Gasteiger partial charge < -0.3 is 15.0 Å². The normalized spacial score (nSPS) is 12.9. The van der Waals surface area contributed by atoms with Gasteiger partial charge in [0.05, 0.1) is 12.5 Å². The molecule has 184 valence electrons. The Morgan fingerprint density at radius 3 is 2.34 bits per heavy atom. The Balaban J connectivity index is 1.98. The van der Waals surface area contributed by atoms with Gasteiger partial charge in [-0.25, -0.2) is 0 Å². The predicted octanol–water partition coefficient (Wildman–Crippen LogP) is 4.75. The van der Waals surface area contributed by atoms with Gasteiger partial charge in [0.1, 0.15) is 6.04 Å². The van der Waals surface area contributed by atoms with Gasteiger partial charge in [0.15, 0.2) is 0 Å². The fourth-order valence-corrected chi connectivity index (χ4v) is 4.39. The zero-order valence-corrected chi connectivity index (χ0v) is 20.9. The number of pyridine rings is 2. The van der Waals surface area contributed by atoms with Crippen LogP contribution in [0.1, 0.15) is 61.0 Å². The molecule has 2 N–H and O–H groups in total. The van der Waals surface area contributed by atoms with E-state index in [1.165, 1.54) is 10.6 Å². The monoisotopic (exact) mass is 475 g/mol. The number of rotatable bonds is 9. The molecule has 1 aromatic carbocycles. The second-order valence-corrected chi connectivity index (χ2v) is 9.53. The number of nitrogens with one attached hydrogen (secondary N) is 1. The molecule has 3 rings (SSSR count). The highest BCUT2D eigenvalue weighted by Crippen LogP contribution is 2.29. The SMILES string of the molecule is Cc1ccn([C@@H](CC(C)C)C(=O)NC(CC(=O)O)c2cncc(-c3c(C)cccc3C)c2)c(=O)c1. The minimum Gasteiger partial charge on any atom is -0.481 e. The van der Waals surface area contributed by atoms with E-state index in [2.05, 4.69) is 10.3 Å². The van der Waals surface area contributed by atoms with Gasteiger partial charge in [-0.05, 0) is 73.1 Å². The van der Waals surface area contributed by atoms with E-state index in [0.29, 0.717) is 12.0 Å². The van der Waals surface area contributed by atoms with Crippen LogP contribution in [0.15, 0.2) is 59.8 Å². The van der Waals surface area contributed by atoms with Gasteiger partial charge in [-0.2, -0.15) is 0 Å². The molecule has 0 fully saturated rings. The van der Waals surface area contributed by atoms with Gasteiger partial charge in [0.2, 0.25) is 5.91 Å². The van der Waals surface area contributed by atoms with E-state index in [4.69, 9.17) is 0 Å². The average molecular weight is 476 g/mol. The smallest absolute Gasteiger partial charge is 0.305 e. The Morgan fingerprint density at radius 2 is 1.74 bits per heavy atom. The van der Waals surface area contributed by atoms with E-state index in [-0.39, 0.29) is 17.9 Å². The third-order valence-electron chi connectivity index (χ3n) is 6.06. The third-order valence-corrected chi connectivity index (χ3v) is 6.06. The number of carbonyl (C=O) groups is 2. The van der Waals surface area contributed by atoms with E-state index in [1.807, 2.05) is 58.9 Å². The van der Waals surface area contributed by atoms with Crippen molar-refractivity contribution in [3.8, 4) is 11.1 Å². The van der Waals surface area contributed by atoms with Crippen molar-refractivity contribution in [1.82, 2.24) is 14.9 Å². The number of aromatic nitrogens is 2. The number of carboxylic acid groups (broad SMARTS) is 1. The number of carbonyl (C=O) groups excluding carboxylic acids is 1. The Hall–Kier alpha value is -3.74. The molecule has 3 aromatic rings. The number of aliphatic carboxylic acids is 1. The first-order chi connectivity index (χ1) is 16.6. The predicted molar refractivity (Wildman–Crippen MR) is 136 cm³/mol. The van der Waals surface area contributed by atoms with Crippen LogP contribution in [0.2, 0.25) is 0 Å². The molecule has 0 saturated heterocycles. The summed E-state index contributed by atoms with van der Waals surface area (Å²) in [5.41, 5.74) is 5.20. The maximum Gasteiger partial charge on any atom is 0.305 e. The molecule has 35 heavy (non-hydrogen) atoms. The number of aryl methyl sites for hydroxylation is 3. The summed E-state index contributed by atoms with van der Waals surface area (Å²) in [4.78, 5) is 42.2. The van der Waals surface area contributed by atoms with E-state index in [0.717, 1.165) is 27.8 Å². The number of carboxylic acids is 1. The minimum atomic E-state index is -1.04. The standard InChI is InChI=1S/C28H33N3O4/c1-17(2)11-24(31-10-9-18(3)12-25(31)32)28(35)30-23(14-26(33)34)21-13-22(16-29-15-21)27-19(4)7-6-8-20(27)5/h6-10,12-13,15-17,23-24H,11,14H2,1-5H3,(H,30,35)(H,33,34)/t23?,24-/m0/s1. The van der Waals surface area contributed by atoms with Crippen LogP contribution in [0, 0.1) is 26.7 Å². The van der Waals surface area contributed by atoms with E-state index >= 15 is 0 Å². The van der Waals surface area contributed by atoms with Crippen LogP contribution in [-0.4, -0.2) is 26.5 Å². The quantitative estimate of drug-likeness (QED) is 0.465. The van der Waals surface area contributed by atoms with Crippen molar-refractivity contribution >= 4 is 11.9 Å². The maximum absolute atomic E-state index is 13.5. The van der Waals surface area contributed by atoms with Gasteiger partial charge in [0, 0.05) is 30.2 Å². The summed E-state index contributed by atoms with van der Waals surface area (Å²) in [7, 11) is 0. The van der Waals surface area contributed by atoms with Crippen LogP contribution in [-0.2, 0) is 9.59 Å². The second kappa shape index (κ2) is 11.1. The molecule has 0 saturated carbocycles. The molecule has 2 heterocycles. The molecule has 7 heteroatoms. The van der Waals surface area contributed by atoms with E-state index < -0.39 is 24.0 Å². The molecule has 0 aliphatic rings. The van der Waals surface area contributed by atoms with Crippen LogP contribution in [0.3, 0.4) is 0 Å². The lowest BCUT2D eigenvalue weighted by molar-refractivity contribution is -0.138. The molecule has 7 nitrogen and oxygen atoms in total. The summed E-state index contributed by atoms with van der Waals surface area (Å²) < 4.78 is 1.42. The van der Waals surface area contributed by atoms with Crippen molar-refractivity contribution in [3.05, 3.63) is 87.6 Å². The molecule has 1 unspecified atom stereocenters. The molecular formula is C28H33N3O4. The molecule has 0 radical (unpaired) electrons. The Kier molecular flexibility index (Phi) is 8.22. The molecule has 0 aliphatic heterocycles. The zero-order valence-electron chi connectivity index (χ0n) is 20.9. The first-order valence-corrected chi connectivity index (χ1v) is 11.8. The molecule has 0 bridgehead atoms. The van der Waals surface area contributed by atoms with Crippen molar-refractivity contribution in [2.75, 3.05) is 0 Å². The summed E-state index contributed by atoms with van der Waals surface area (Å²) in [6.45, 7) is 9.81. The van der Waals surface area contributed by atoms with Crippen LogP contribution < -0.4 is 10.9 Å². The summed E-state index contributed by atoms with van der Waals surface area (Å²) >= 11 is 0. The molecule has 2 aromatic heterocycles. The van der Waals surface area contributed by atoms with Gasteiger partial charge >= 0.3 is 5.97 Å². The maximum atomic E-state index is 13.5. The van der Waals surface area contributed by atoms with Gasteiger partial charge in [-0.3, -0.25) is 19.4 Å². The van der Waals surface area contributed by atoms with Crippen molar-refractivity contribution in [2.24, 2.45) is 5.92 Å². The van der Waals surface area contributed by atoms with Crippen LogP contribution in [0.5, 0.6) is 0 Å². The average Bonchev–Trinajstić information content (AvgIpc) is 2.77. The molecule has 0 aliphatic carbocycles. The topological polar surface area (TPSA) is 101 Å². The van der Waals surface area contributed by atoms with Crippen LogP contribution in [0.25, 0.3) is 11.1 Å². The molecule has 1 amide bonds. The Labute approximate surface area is 205 Å². The summed E-state index contributed by atoms with van der Waals surface area (Å²) in [5.74, 6) is -1.29. The first-order valence-electron chi connectivity index (χ1n) is 11.8. The van der Waals surface area contributed by atoms with Gasteiger partial charge in [-0.1, -0.05) is 32.0 Å². The zero-order chi connectivity index (χ0) is 25.7. The van der Waals surface area contributed by atoms with Crippen molar-refractivity contribution in [1.29, 1.82) is 0 Å². The van der Waals surface area contributed by atoms with Crippen molar-refractivity contribution in [3.63, 3.8) is 0 Å². The fourth-order valence-electron chi connectivity index (χ4n) is 4.39. The number of nitrogens with zero attached hydrogens (tertiary/aromatic N) is 2. The van der Waals surface area contributed by atoms with Crippen molar-refractivity contribution < 1.29 is 14.7 Å². The largest absolute Gasteiger partial charge is 0.481 e. The van der Waals surface area contributed by atoms with E-state index in [9.17, 15) is 19.5 Å². The Bertz CT molecular complexity index is 1260. The van der Waals surface area contributed by atoms with Crippen LogP contribution in [0.4, 0.5) is 0 Å². The van der Waals surface area contributed by atoms with Gasteiger partial charge in [0.25, 0.3) is 5.56 Å². The number of hydrogen-bond donors (Lipinski definition) is 2. The lowest BCUT2D eigenvalue weighted by atomic mass is 9.94. The number of amides is 1. The molecule has 2 atom stereocenters. The summed E-state index contributed by atoms with van der Waals surface area (Å²) in [6, 6.07) is 9.62. The number of benzene rings is 1. The lowest BCUT2D eigenvalue weighted by Gasteiger charge is -2.25. The minimum absolute atomic E-state index is 0.144. The highest BCUT2D eigenvalue weighted by molar-refractivity contribution is 5.82. The highest BCUT2D eigenvalue weighted by atomic mass is 16.4.